The van der Waals surface area contributed by atoms with Crippen LogP contribution in [-0.4, -0.2) is 63.4 Å². The summed E-state index contributed by atoms with van der Waals surface area (Å²) in [4.78, 5) is 13.8. The van der Waals surface area contributed by atoms with E-state index in [1.165, 1.54) is 41.6 Å². The summed E-state index contributed by atoms with van der Waals surface area (Å²) in [6.07, 6.45) is 1.31. The maximum atomic E-state index is 14.5. The molecule has 7 nitrogen and oxygen atoms in total. The first-order chi connectivity index (χ1) is 15.6. The standard InChI is InChI=1S/C23H26F2N2O5S/c1-4-31-23(28)16(2)13-17-14-20(24)22(21(25)15-17)32-18-5-7-19(8-6-18)33(29,30)27-11-9-26(3)10-12-27/h5-8,13-15H,4,9-12H2,1-3H3. The third-order valence-electron chi connectivity index (χ3n) is 5.14. The molecule has 0 saturated carbocycles. The normalized spacial score (nSPS) is 16.0. The van der Waals surface area contributed by atoms with Gasteiger partial charge in [-0.05, 0) is 68.9 Å². The van der Waals surface area contributed by atoms with E-state index in [0.717, 1.165) is 12.1 Å². The maximum Gasteiger partial charge on any atom is 0.333 e. The lowest BCUT2D eigenvalue weighted by Gasteiger charge is -2.31. The third kappa shape index (κ3) is 5.95. The number of hydrogen-bond acceptors (Lipinski definition) is 6. The summed E-state index contributed by atoms with van der Waals surface area (Å²) < 4.78 is 66.2. The predicted octanol–water partition coefficient (Wildman–Crippen LogP) is 3.66. The van der Waals surface area contributed by atoms with Crippen molar-refractivity contribution in [2.24, 2.45) is 0 Å². The molecule has 1 saturated heterocycles. The topological polar surface area (TPSA) is 76.1 Å². The van der Waals surface area contributed by atoms with Crippen molar-refractivity contribution in [3.63, 3.8) is 0 Å². The molecular formula is C23H26F2N2O5S. The number of carbonyl (C=O) groups is 1. The van der Waals surface area contributed by atoms with Gasteiger partial charge in [0.05, 0.1) is 11.5 Å². The van der Waals surface area contributed by atoms with Crippen LogP contribution < -0.4 is 4.74 Å². The molecule has 1 fully saturated rings. The number of ether oxygens (including phenoxy) is 2. The van der Waals surface area contributed by atoms with Gasteiger partial charge >= 0.3 is 5.97 Å². The predicted molar refractivity (Wildman–Crippen MR) is 119 cm³/mol. The van der Waals surface area contributed by atoms with Crippen molar-refractivity contribution < 1.29 is 31.5 Å². The van der Waals surface area contributed by atoms with Crippen molar-refractivity contribution >= 4 is 22.1 Å². The van der Waals surface area contributed by atoms with Crippen LogP contribution in [0, 0.1) is 11.6 Å². The Morgan fingerprint density at radius 3 is 2.18 bits per heavy atom. The van der Waals surface area contributed by atoms with E-state index in [2.05, 4.69) is 0 Å². The number of sulfonamides is 1. The molecule has 2 aromatic rings. The smallest absolute Gasteiger partial charge is 0.333 e. The van der Waals surface area contributed by atoms with Crippen LogP contribution in [0.4, 0.5) is 8.78 Å². The third-order valence-corrected chi connectivity index (χ3v) is 7.06. The molecule has 0 aromatic heterocycles. The van der Waals surface area contributed by atoms with Crippen molar-refractivity contribution in [1.29, 1.82) is 0 Å². The van der Waals surface area contributed by atoms with E-state index in [9.17, 15) is 22.0 Å². The molecule has 0 aliphatic carbocycles. The lowest BCUT2D eigenvalue weighted by atomic mass is 10.1. The SMILES string of the molecule is CCOC(=O)C(C)=Cc1cc(F)c(Oc2ccc(S(=O)(=O)N3CCN(C)CC3)cc2)c(F)c1. The number of hydrogen-bond donors (Lipinski definition) is 0. The van der Waals surface area contributed by atoms with Gasteiger partial charge in [0.2, 0.25) is 10.0 Å². The molecule has 3 rings (SSSR count). The van der Waals surface area contributed by atoms with E-state index in [1.807, 2.05) is 11.9 Å². The molecule has 2 aromatic carbocycles. The molecule has 1 heterocycles. The fourth-order valence-corrected chi connectivity index (χ4v) is 4.71. The summed E-state index contributed by atoms with van der Waals surface area (Å²) in [5.41, 5.74) is 0.331. The minimum absolute atomic E-state index is 0.0790. The first kappa shape index (κ1) is 24.8. The lowest BCUT2D eigenvalue weighted by Crippen LogP contribution is -2.46. The molecule has 0 amide bonds. The number of esters is 1. The Hall–Kier alpha value is -2.82. The molecule has 10 heteroatoms. The Labute approximate surface area is 192 Å². The molecule has 0 radical (unpaired) electrons. The molecule has 0 N–H and O–H groups in total. The van der Waals surface area contributed by atoms with Gasteiger partial charge in [0.15, 0.2) is 17.4 Å². The van der Waals surface area contributed by atoms with E-state index in [4.69, 9.17) is 9.47 Å². The number of carbonyl (C=O) groups excluding carboxylic acids is 1. The first-order valence-electron chi connectivity index (χ1n) is 10.4. The molecule has 0 unspecified atom stereocenters. The molecular weight excluding hydrogens is 454 g/mol. The Morgan fingerprint density at radius 2 is 1.64 bits per heavy atom. The largest absolute Gasteiger partial charge is 0.463 e. The Morgan fingerprint density at radius 1 is 1.06 bits per heavy atom. The summed E-state index contributed by atoms with van der Waals surface area (Å²) in [6.45, 7) is 5.40. The van der Waals surface area contributed by atoms with Gasteiger partial charge in [-0.3, -0.25) is 0 Å². The van der Waals surface area contributed by atoms with Crippen LogP contribution in [0.15, 0.2) is 46.9 Å². The van der Waals surface area contributed by atoms with Gasteiger partial charge in [0.25, 0.3) is 0 Å². The van der Waals surface area contributed by atoms with Gasteiger partial charge < -0.3 is 14.4 Å². The van der Waals surface area contributed by atoms with Gasteiger partial charge in [0.1, 0.15) is 5.75 Å². The van der Waals surface area contributed by atoms with Gasteiger partial charge in [-0.2, -0.15) is 4.31 Å². The van der Waals surface area contributed by atoms with E-state index in [-0.39, 0.29) is 28.4 Å². The highest BCUT2D eigenvalue weighted by Crippen LogP contribution is 2.30. The van der Waals surface area contributed by atoms with Gasteiger partial charge in [-0.25, -0.2) is 22.0 Å². The number of nitrogens with zero attached hydrogens (tertiary/aromatic N) is 2. The van der Waals surface area contributed by atoms with Crippen LogP contribution in [-0.2, 0) is 19.6 Å². The highest BCUT2D eigenvalue weighted by Gasteiger charge is 2.27. The Kier molecular flexibility index (Phi) is 7.83. The zero-order valence-electron chi connectivity index (χ0n) is 18.7. The minimum Gasteiger partial charge on any atom is -0.463 e. The van der Waals surface area contributed by atoms with Crippen molar-refractivity contribution in [2.45, 2.75) is 18.7 Å². The average molecular weight is 481 g/mol. The second kappa shape index (κ2) is 10.4. The lowest BCUT2D eigenvalue weighted by molar-refractivity contribution is -0.138. The van der Waals surface area contributed by atoms with Crippen LogP contribution in [0.1, 0.15) is 19.4 Å². The summed E-state index contributed by atoms with van der Waals surface area (Å²) in [5.74, 6) is -3.06. The monoisotopic (exact) mass is 480 g/mol. The second-order valence-electron chi connectivity index (χ2n) is 7.64. The molecule has 1 aliphatic heterocycles. The van der Waals surface area contributed by atoms with Gasteiger partial charge in [-0.1, -0.05) is 0 Å². The second-order valence-corrected chi connectivity index (χ2v) is 9.58. The summed E-state index contributed by atoms with van der Waals surface area (Å²) >= 11 is 0. The fourth-order valence-electron chi connectivity index (χ4n) is 3.29. The summed E-state index contributed by atoms with van der Waals surface area (Å²) in [5, 5.41) is 0. The number of likely N-dealkylation sites (N-methyl/N-ethyl adjacent to an activating group) is 1. The van der Waals surface area contributed by atoms with Crippen LogP contribution in [0.25, 0.3) is 6.08 Å². The van der Waals surface area contributed by atoms with E-state index in [0.29, 0.717) is 26.2 Å². The Bertz CT molecular complexity index is 1120. The first-order valence-corrected chi connectivity index (χ1v) is 11.9. The summed E-state index contributed by atoms with van der Waals surface area (Å²) in [6, 6.07) is 7.46. The molecule has 0 spiro atoms. The average Bonchev–Trinajstić information content (AvgIpc) is 2.77. The van der Waals surface area contributed by atoms with Gasteiger partial charge in [-0.15, -0.1) is 0 Å². The fraction of sp³-hybridized carbons (Fsp3) is 0.348. The minimum atomic E-state index is -3.66. The van der Waals surface area contributed by atoms with Crippen LogP contribution in [0.3, 0.4) is 0 Å². The summed E-state index contributed by atoms with van der Waals surface area (Å²) in [7, 11) is -1.73. The van der Waals surface area contributed by atoms with Crippen LogP contribution in [0.5, 0.6) is 11.5 Å². The van der Waals surface area contributed by atoms with E-state index in [1.54, 1.807) is 6.92 Å². The van der Waals surface area contributed by atoms with Crippen molar-refractivity contribution in [3.05, 3.63) is 59.2 Å². The van der Waals surface area contributed by atoms with Crippen molar-refractivity contribution in [3.8, 4) is 11.5 Å². The molecule has 1 aliphatic rings. The van der Waals surface area contributed by atoms with Crippen LogP contribution in [0.2, 0.25) is 0 Å². The molecule has 33 heavy (non-hydrogen) atoms. The van der Waals surface area contributed by atoms with Crippen molar-refractivity contribution in [2.75, 3.05) is 39.8 Å². The van der Waals surface area contributed by atoms with Gasteiger partial charge in [0, 0.05) is 31.8 Å². The molecule has 178 valence electrons. The highest BCUT2D eigenvalue weighted by molar-refractivity contribution is 7.89. The molecule has 0 atom stereocenters. The van der Waals surface area contributed by atoms with E-state index >= 15 is 0 Å². The number of piperazine rings is 1. The number of halogens is 2. The zero-order valence-corrected chi connectivity index (χ0v) is 19.5. The zero-order chi connectivity index (χ0) is 24.2. The van der Waals surface area contributed by atoms with Crippen molar-refractivity contribution in [1.82, 2.24) is 9.21 Å². The quantitative estimate of drug-likeness (QED) is 0.445. The van der Waals surface area contributed by atoms with Crippen LogP contribution >= 0.6 is 0 Å². The highest BCUT2D eigenvalue weighted by atomic mass is 32.2. The number of rotatable bonds is 7. The Balaban J connectivity index is 1.76. The molecule has 0 bridgehead atoms. The van der Waals surface area contributed by atoms with E-state index < -0.39 is 33.4 Å². The number of benzene rings is 2. The maximum absolute atomic E-state index is 14.5.